The standard InChI is InChI=1S/C18H17F2N5/c19-8-10-25-11-22-16(12-1-3-13(20)4-2-12)17(25)15-7-9-21-18(24-15)23-14-5-6-14/h1-4,7,9,11,14H,5-6,8,10H2,(H,21,23,24). The zero-order valence-electron chi connectivity index (χ0n) is 13.5. The lowest BCUT2D eigenvalue weighted by molar-refractivity contribution is 0.447. The molecule has 2 heterocycles. The second kappa shape index (κ2) is 6.58. The fourth-order valence-electron chi connectivity index (χ4n) is 2.70. The molecule has 25 heavy (non-hydrogen) atoms. The van der Waals surface area contributed by atoms with E-state index in [9.17, 15) is 8.78 Å². The monoisotopic (exact) mass is 341 g/mol. The normalized spacial score (nSPS) is 13.8. The molecular formula is C18H17F2N5. The van der Waals surface area contributed by atoms with Crippen molar-refractivity contribution >= 4 is 5.95 Å². The number of alkyl halides is 1. The molecule has 3 aromatic rings. The molecule has 0 amide bonds. The van der Waals surface area contributed by atoms with E-state index in [1.165, 1.54) is 12.1 Å². The lowest BCUT2D eigenvalue weighted by Crippen LogP contribution is -2.07. The van der Waals surface area contributed by atoms with E-state index in [0.29, 0.717) is 29.1 Å². The smallest absolute Gasteiger partial charge is 0.223 e. The third-order valence-corrected chi connectivity index (χ3v) is 4.09. The van der Waals surface area contributed by atoms with Gasteiger partial charge >= 0.3 is 0 Å². The van der Waals surface area contributed by atoms with Crippen molar-refractivity contribution in [3.63, 3.8) is 0 Å². The Bertz CT molecular complexity index is 871. The number of halogens is 2. The van der Waals surface area contributed by atoms with E-state index in [1.54, 1.807) is 35.3 Å². The topological polar surface area (TPSA) is 55.6 Å². The summed E-state index contributed by atoms with van der Waals surface area (Å²) in [6, 6.07) is 8.29. The highest BCUT2D eigenvalue weighted by Gasteiger charge is 2.23. The fraction of sp³-hybridized carbons (Fsp3) is 0.278. The highest BCUT2D eigenvalue weighted by atomic mass is 19.1. The van der Waals surface area contributed by atoms with E-state index >= 15 is 0 Å². The maximum Gasteiger partial charge on any atom is 0.223 e. The summed E-state index contributed by atoms with van der Waals surface area (Å²) in [6.07, 6.45) is 5.50. The zero-order valence-corrected chi connectivity index (χ0v) is 13.5. The summed E-state index contributed by atoms with van der Waals surface area (Å²) in [6.45, 7) is -0.330. The number of nitrogens with one attached hydrogen (secondary N) is 1. The van der Waals surface area contributed by atoms with Crippen LogP contribution in [0.2, 0.25) is 0 Å². The summed E-state index contributed by atoms with van der Waals surface area (Å²) >= 11 is 0. The van der Waals surface area contributed by atoms with Crippen molar-refractivity contribution in [3.8, 4) is 22.6 Å². The molecular weight excluding hydrogens is 324 g/mol. The molecule has 0 radical (unpaired) electrons. The van der Waals surface area contributed by atoms with Gasteiger partial charge in [0.25, 0.3) is 0 Å². The van der Waals surface area contributed by atoms with Gasteiger partial charge < -0.3 is 9.88 Å². The second-order valence-corrected chi connectivity index (χ2v) is 6.02. The zero-order chi connectivity index (χ0) is 17.2. The van der Waals surface area contributed by atoms with Crippen LogP contribution in [0.4, 0.5) is 14.7 Å². The summed E-state index contributed by atoms with van der Waals surface area (Å²) in [4.78, 5) is 13.2. The minimum Gasteiger partial charge on any atom is -0.351 e. The van der Waals surface area contributed by atoms with Gasteiger partial charge in [0, 0.05) is 17.8 Å². The maximum absolute atomic E-state index is 13.2. The lowest BCUT2D eigenvalue weighted by atomic mass is 10.1. The second-order valence-electron chi connectivity index (χ2n) is 6.02. The van der Waals surface area contributed by atoms with Crippen LogP contribution in [-0.2, 0) is 6.54 Å². The first-order valence-electron chi connectivity index (χ1n) is 8.21. The van der Waals surface area contributed by atoms with E-state index in [1.807, 2.05) is 0 Å². The SMILES string of the molecule is FCCn1cnc(-c2ccc(F)cc2)c1-c1ccnc(NC2CC2)n1. The highest BCUT2D eigenvalue weighted by Crippen LogP contribution is 2.31. The van der Waals surface area contributed by atoms with Crippen LogP contribution in [0, 0.1) is 5.82 Å². The lowest BCUT2D eigenvalue weighted by Gasteiger charge is -2.10. The van der Waals surface area contributed by atoms with E-state index in [0.717, 1.165) is 18.4 Å². The van der Waals surface area contributed by atoms with Gasteiger partial charge in [0.2, 0.25) is 5.95 Å². The molecule has 1 fully saturated rings. The Kier molecular flexibility index (Phi) is 4.13. The Labute approximate surface area is 143 Å². The molecule has 1 saturated carbocycles. The average Bonchev–Trinajstić information content (AvgIpc) is 3.33. The van der Waals surface area contributed by atoms with Crippen LogP contribution in [-0.4, -0.2) is 32.2 Å². The Morgan fingerprint density at radius 1 is 1.12 bits per heavy atom. The molecule has 0 saturated heterocycles. The van der Waals surface area contributed by atoms with E-state index < -0.39 is 6.67 Å². The summed E-state index contributed by atoms with van der Waals surface area (Å²) in [5.41, 5.74) is 2.75. The fourth-order valence-corrected chi connectivity index (χ4v) is 2.70. The number of nitrogens with zero attached hydrogens (tertiary/aromatic N) is 4. The third-order valence-electron chi connectivity index (χ3n) is 4.09. The Morgan fingerprint density at radius 2 is 1.92 bits per heavy atom. The average molecular weight is 341 g/mol. The van der Waals surface area contributed by atoms with Gasteiger partial charge in [0.15, 0.2) is 0 Å². The van der Waals surface area contributed by atoms with Gasteiger partial charge in [-0.05, 0) is 43.2 Å². The number of anilines is 1. The number of imidazole rings is 1. The van der Waals surface area contributed by atoms with Crippen molar-refractivity contribution in [1.29, 1.82) is 0 Å². The number of benzene rings is 1. The number of aryl methyl sites for hydroxylation is 1. The first-order valence-corrected chi connectivity index (χ1v) is 8.21. The molecule has 2 aromatic heterocycles. The Morgan fingerprint density at radius 3 is 2.64 bits per heavy atom. The van der Waals surface area contributed by atoms with Crippen molar-refractivity contribution in [3.05, 3.63) is 48.7 Å². The molecule has 0 atom stereocenters. The molecule has 5 nitrogen and oxygen atoms in total. The van der Waals surface area contributed by atoms with Gasteiger partial charge in [0.05, 0.1) is 30.0 Å². The van der Waals surface area contributed by atoms with Crippen LogP contribution >= 0.6 is 0 Å². The quantitative estimate of drug-likeness (QED) is 0.743. The van der Waals surface area contributed by atoms with Crippen LogP contribution in [0.5, 0.6) is 0 Å². The number of aromatic nitrogens is 4. The molecule has 1 aliphatic rings. The van der Waals surface area contributed by atoms with Gasteiger partial charge in [-0.3, -0.25) is 0 Å². The van der Waals surface area contributed by atoms with Crippen molar-refractivity contribution < 1.29 is 8.78 Å². The van der Waals surface area contributed by atoms with Gasteiger partial charge in [0.1, 0.15) is 12.5 Å². The summed E-state index contributed by atoms with van der Waals surface area (Å²) in [5, 5.41) is 3.26. The molecule has 1 aliphatic carbocycles. The molecule has 0 spiro atoms. The van der Waals surface area contributed by atoms with Gasteiger partial charge in [-0.15, -0.1) is 0 Å². The summed E-state index contributed by atoms with van der Waals surface area (Å²) in [7, 11) is 0. The van der Waals surface area contributed by atoms with E-state index in [4.69, 9.17) is 0 Å². The largest absolute Gasteiger partial charge is 0.351 e. The van der Waals surface area contributed by atoms with Crippen LogP contribution < -0.4 is 5.32 Å². The minimum atomic E-state index is -0.509. The predicted molar refractivity (Wildman–Crippen MR) is 91.3 cm³/mol. The molecule has 0 aliphatic heterocycles. The van der Waals surface area contributed by atoms with Crippen LogP contribution in [0.1, 0.15) is 12.8 Å². The molecule has 0 bridgehead atoms. The van der Waals surface area contributed by atoms with Crippen molar-refractivity contribution in [2.45, 2.75) is 25.4 Å². The van der Waals surface area contributed by atoms with Crippen molar-refractivity contribution in [2.24, 2.45) is 0 Å². The summed E-state index contributed by atoms with van der Waals surface area (Å²) in [5.74, 6) is 0.240. The highest BCUT2D eigenvalue weighted by molar-refractivity contribution is 5.77. The van der Waals surface area contributed by atoms with E-state index in [2.05, 4.69) is 20.3 Å². The van der Waals surface area contributed by atoms with Gasteiger partial charge in [-0.25, -0.2) is 23.7 Å². The molecule has 1 aromatic carbocycles. The predicted octanol–water partition coefficient (Wildman–Crippen LogP) is 3.69. The third kappa shape index (κ3) is 3.35. The van der Waals surface area contributed by atoms with Gasteiger partial charge in [-0.1, -0.05) is 0 Å². The van der Waals surface area contributed by atoms with Crippen LogP contribution in [0.3, 0.4) is 0 Å². The van der Waals surface area contributed by atoms with Crippen LogP contribution in [0.25, 0.3) is 22.6 Å². The molecule has 1 N–H and O–H groups in total. The van der Waals surface area contributed by atoms with Crippen LogP contribution in [0.15, 0.2) is 42.9 Å². The molecule has 4 rings (SSSR count). The number of hydrogen-bond acceptors (Lipinski definition) is 4. The van der Waals surface area contributed by atoms with Gasteiger partial charge in [-0.2, -0.15) is 0 Å². The molecule has 128 valence electrons. The maximum atomic E-state index is 13.2. The van der Waals surface area contributed by atoms with Crippen molar-refractivity contribution in [2.75, 3.05) is 12.0 Å². The number of rotatable bonds is 6. The first-order chi connectivity index (χ1) is 12.2. The Balaban J connectivity index is 1.78. The van der Waals surface area contributed by atoms with Crippen molar-refractivity contribution in [1.82, 2.24) is 19.5 Å². The molecule has 0 unspecified atom stereocenters. The Hall–Kier alpha value is -2.83. The number of hydrogen-bond donors (Lipinski definition) is 1. The minimum absolute atomic E-state index is 0.179. The molecule has 7 heteroatoms. The first kappa shape index (κ1) is 15.7. The summed E-state index contributed by atoms with van der Waals surface area (Å²) < 4.78 is 27.9. The van der Waals surface area contributed by atoms with E-state index in [-0.39, 0.29) is 12.4 Å².